The van der Waals surface area contributed by atoms with Gasteiger partial charge in [0.2, 0.25) is 0 Å². The van der Waals surface area contributed by atoms with Crippen molar-refractivity contribution in [3.05, 3.63) is 92.2 Å². The number of thiophene rings is 1. The zero-order valence-electron chi connectivity index (χ0n) is 15.1. The molecule has 4 rings (SSSR count). The van der Waals surface area contributed by atoms with E-state index in [1.165, 1.54) is 34.3 Å². The summed E-state index contributed by atoms with van der Waals surface area (Å²) < 4.78 is 0. The number of nitro benzene ring substituents is 1. The minimum atomic E-state index is -0.494. The molecule has 0 unspecified atom stereocenters. The number of hydrogen-bond acceptors (Lipinski definition) is 5. The van der Waals surface area contributed by atoms with E-state index in [1.807, 2.05) is 23.6 Å². The zero-order chi connectivity index (χ0) is 19.5. The van der Waals surface area contributed by atoms with E-state index in [0.29, 0.717) is 12.1 Å². The molecule has 3 aromatic rings. The van der Waals surface area contributed by atoms with Gasteiger partial charge in [0.15, 0.2) is 0 Å². The first-order valence-electron chi connectivity index (χ1n) is 9.04. The number of carbonyl (C=O) groups is 1. The molecular weight excluding hydrogens is 374 g/mol. The summed E-state index contributed by atoms with van der Waals surface area (Å²) >= 11 is 1.66. The van der Waals surface area contributed by atoms with Gasteiger partial charge in [-0.3, -0.25) is 14.9 Å². The third-order valence-electron chi connectivity index (χ3n) is 4.95. The van der Waals surface area contributed by atoms with Crippen LogP contribution in [0.4, 0.5) is 11.4 Å². The van der Waals surface area contributed by atoms with Gasteiger partial charge in [0.1, 0.15) is 0 Å². The first-order chi connectivity index (χ1) is 13.6. The molecule has 1 atom stereocenters. The quantitative estimate of drug-likeness (QED) is 0.503. The summed E-state index contributed by atoms with van der Waals surface area (Å²) in [5.74, 6) is -0.308. The van der Waals surface area contributed by atoms with E-state index in [4.69, 9.17) is 0 Å². The van der Waals surface area contributed by atoms with Gasteiger partial charge in [0.05, 0.1) is 11.0 Å². The first kappa shape index (κ1) is 18.2. The number of rotatable bonds is 6. The topological polar surface area (TPSA) is 75.5 Å². The van der Waals surface area contributed by atoms with Crippen LogP contribution in [-0.4, -0.2) is 23.9 Å². The standard InChI is InChI=1S/C21H19N3O3S/c25-21(16-6-3-7-17(13-16)24(26)27)22-14-19(20-9-4-12-28-20)23-11-10-15-5-1-2-8-18(15)23/h1-9,12-13,19H,10-11,14H2,(H,22,25)/t19-/m1/s1. The summed E-state index contributed by atoms with van der Waals surface area (Å²) in [5, 5.41) is 16.0. The van der Waals surface area contributed by atoms with Gasteiger partial charge in [-0.15, -0.1) is 11.3 Å². The highest BCUT2D eigenvalue weighted by atomic mass is 32.1. The van der Waals surface area contributed by atoms with Crippen LogP contribution in [0.1, 0.15) is 26.8 Å². The van der Waals surface area contributed by atoms with E-state index in [0.717, 1.165) is 13.0 Å². The average Bonchev–Trinajstić information content (AvgIpc) is 3.39. The maximum atomic E-state index is 12.6. The average molecular weight is 393 g/mol. The van der Waals surface area contributed by atoms with E-state index in [1.54, 1.807) is 17.4 Å². The smallest absolute Gasteiger partial charge is 0.270 e. The molecule has 2 heterocycles. The molecule has 7 heteroatoms. The Morgan fingerprint density at radius 1 is 1.18 bits per heavy atom. The Bertz CT molecular complexity index is 1000. The Labute approximate surface area is 166 Å². The molecule has 0 aliphatic carbocycles. The molecule has 1 N–H and O–H groups in total. The molecule has 142 valence electrons. The number of fused-ring (bicyclic) bond motifs is 1. The van der Waals surface area contributed by atoms with Gasteiger partial charge >= 0.3 is 0 Å². The first-order valence-corrected chi connectivity index (χ1v) is 9.92. The Morgan fingerprint density at radius 3 is 2.82 bits per heavy atom. The third kappa shape index (κ3) is 3.61. The van der Waals surface area contributed by atoms with Gasteiger partial charge < -0.3 is 10.2 Å². The fourth-order valence-corrected chi connectivity index (χ4v) is 4.42. The number of benzene rings is 2. The van der Waals surface area contributed by atoms with E-state index < -0.39 is 4.92 Å². The molecule has 0 saturated carbocycles. The van der Waals surface area contributed by atoms with E-state index in [-0.39, 0.29) is 17.6 Å². The monoisotopic (exact) mass is 393 g/mol. The summed E-state index contributed by atoms with van der Waals surface area (Å²) in [6.45, 7) is 1.32. The highest BCUT2D eigenvalue weighted by Crippen LogP contribution is 2.36. The van der Waals surface area contributed by atoms with Crippen molar-refractivity contribution >= 4 is 28.6 Å². The second kappa shape index (κ2) is 7.82. The Balaban J connectivity index is 1.54. The highest BCUT2D eigenvalue weighted by molar-refractivity contribution is 7.10. The molecule has 1 aliphatic heterocycles. The molecule has 6 nitrogen and oxygen atoms in total. The molecule has 28 heavy (non-hydrogen) atoms. The lowest BCUT2D eigenvalue weighted by Gasteiger charge is -2.30. The molecule has 0 bridgehead atoms. The Hall–Kier alpha value is -3.19. The fraction of sp³-hybridized carbons (Fsp3) is 0.190. The molecule has 1 aromatic heterocycles. The van der Waals surface area contributed by atoms with Crippen LogP contribution in [0.15, 0.2) is 66.0 Å². The van der Waals surface area contributed by atoms with Crippen LogP contribution in [0.2, 0.25) is 0 Å². The van der Waals surface area contributed by atoms with E-state index in [2.05, 4.69) is 28.4 Å². The van der Waals surface area contributed by atoms with E-state index in [9.17, 15) is 14.9 Å². The minimum Gasteiger partial charge on any atom is -0.361 e. The largest absolute Gasteiger partial charge is 0.361 e. The number of carbonyl (C=O) groups excluding carboxylic acids is 1. The zero-order valence-corrected chi connectivity index (χ0v) is 15.9. The van der Waals surface area contributed by atoms with Gasteiger partial charge in [0.25, 0.3) is 11.6 Å². The predicted octanol–water partition coefficient (Wildman–Crippen LogP) is 4.19. The minimum absolute atomic E-state index is 0.0197. The van der Waals surface area contributed by atoms with Crippen molar-refractivity contribution in [1.29, 1.82) is 0 Å². The lowest BCUT2D eigenvalue weighted by molar-refractivity contribution is -0.384. The predicted molar refractivity (Wildman–Crippen MR) is 110 cm³/mol. The lowest BCUT2D eigenvalue weighted by atomic mass is 10.1. The van der Waals surface area contributed by atoms with Gasteiger partial charge in [-0.2, -0.15) is 0 Å². The number of nitrogens with zero attached hydrogens (tertiary/aromatic N) is 2. The van der Waals surface area contributed by atoms with Gasteiger partial charge in [-0.1, -0.05) is 30.3 Å². The Kier molecular flexibility index (Phi) is 5.08. The molecule has 0 spiro atoms. The fourth-order valence-electron chi connectivity index (χ4n) is 3.58. The molecule has 2 aromatic carbocycles. The van der Waals surface area contributed by atoms with Crippen LogP contribution >= 0.6 is 11.3 Å². The lowest BCUT2D eigenvalue weighted by Crippen LogP contribution is -2.37. The van der Waals surface area contributed by atoms with Crippen LogP contribution in [-0.2, 0) is 6.42 Å². The number of nitro groups is 1. The number of para-hydroxylation sites is 1. The maximum Gasteiger partial charge on any atom is 0.270 e. The molecule has 1 amide bonds. The number of nitrogens with one attached hydrogen (secondary N) is 1. The van der Waals surface area contributed by atoms with Crippen LogP contribution in [0, 0.1) is 10.1 Å². The second-order valence-electron chi connectivity index (χ2n) is 6.62. The summed E-state index contributed by atoms with van der Waals surface area (Å²) in [4.78, 5) is 26.6. The van der Waals surface area contributed by atoms with Crippen LogP contribution in [0.3, 0.4) is 0 Å². The Morgan fingerprint density at radius 2 is 2.04 bits per heavy atom. The summed E-state index contributed by atoms with van der Waals surface area (Å²) in [6, 6.07) is 18.3. The highest BCUT2D eigenvalue weighted by Gasteiger charge is 2.28. The summed E-state index contributed by atoms with van der Waals surface area (Å²) in [7, 11) is 0. The number of hydrogen-bond donors (Lipinski definition) is 1. The van der Waals surface area contributed by atoms with Crippen LogP contribution in [0.5, 0.6) is 0 Å². The van der Waals surface area contributed by atoms with Gasteiger partial charge in [0, 0.05) is 41.4 Å². The van der Waals surface area contributed by atoms with Crippen molar-refractivity contribution < 1.29 is 9.72 Å². The third-order valence-corrected chi connectivity index (χ3v) is 5.92. The van der Waals surface area contributed by atoms with Crippen molar-refractivity contribution in [3.8, 4) is 0 Å². The van der Waals surface area contributed by atoms with E-state index >= 15 is 0 Å². The van der Waals surface area contributed by atoms with Gasteiger partial charge in [-0.05, 0) is 35.6 Å². The molecule has 0 radical (unpaired) electrons. The maximum absolute atomic E-state index is 12.6. The van der Waals surface area contributed by atoms with Crippen LogP contribution in [0.25, 0.3) is 0 Å². The van der Waals surface area contributed by atoms with Gasteiger partial charge in [-0.25, -0.2) is 0 Å². The summed E-state index contributed by atoms with van der Waals surface area (Å²) in [5.41, 5.74) is 2.72. The van der Waals surface area contributed by atoms with Crippen molar-refractivity contribution in [3.63, 3.8) is 0 Å². The molecule has 0 fully saturated rings. The number of anilines is 1. The normalized spacial score (nSPS) is 13.8. The van der Waals surface area contributed by atoms with Crippen molar-refractivity contribution in [2.24, 2.45) is 0 Å². The summed E-state index contributed by atoms with van der Waals surface area (Å²) in [6.07, 6.45) is 0.983. The van der Waals surface area contributed by atoms with Crippen molar-refractivity contribution in [2.75, 3.05) is 18.0 Å². The number of amides is 1. The van der Waals surface area contributed by atoms with Crippen molar-refractivity contribution in [2.45, 2.75) is 12.5 Å². The second-order valence-corrected chi connectivity index (χ2v) is 7.60. The van der Waals surface area contributed by atoms with Crippen molar-refractivity contribution in [1.82, 2.24) is 5.32 Å². The SMILES string of the molecule is O=C(NC[C@H](c1cccs1)N1CCc2ccccc21)c1cccc([N+](=O)[O-])c1. The van der Waals surface area contributed by atoms with Crippen LogP contribution < -0.4 is 10.2 Å². The number of non-ortho nitro benzene ring substituents is 1. The molecule has 1 aliphatic rings. The molecule has 0 saturated heterocycles. The molecular formula is C21H19N3O3S.